The fourth-order valence-corrected chi connectivity index (χ4v) is 2.05. The van der Waals surface area contributed by atoms with Gasteiger partial charge >= 0.3 is 6.18 Å². The number of carbonyl (C=O) groups excluding carboxylic acids is 1. The molecular weight excluding hydrogens is 397 g/mol. The average Bonchev–Trinajstić information content (AvgIpc) is 3.07. The van der Waals surface area contributed by atoms with Gasteiger partial charge in [-0.2, -0.15) is 18.3 Å². The van der Waals surface area contributed by atoms with Gasteiger partial charge in [-0.25, -0.2) is 8.78 Å². The maximum atomic E-state index is 12.7. The Bertz CT molecular complexity index is 866. The van der Waals surface area contributed by atoms with Crippen LogP contribution in [0.3, 0.4) is 0 Å². The molecule has 0 saturated heterocycles. The molecule has 158 valence electrons. The standard InChI is InChI=1S/C18H20F5N5O/c1-17(2,3)9-24-16(25-13-8-12(14(19)20)27-28-13)26-15(29)10-4-6-11(7-5-10)18(21,22)23/h4-8,14H,9H2,1-3H3,(H3,24,25,26,27,28,29). The molecule has 0 spiro atoms. The zero-order chi connectivity index (χ0) is 21.8. The Labute approximate surface area is 163 Å². The van der Waals surface area contributed by atoms with Gasteiger partial charge in [-0.1, -0.05) is 20.8 Å². The summed E-state index contributed by atoms with van der Waals surface area (Å²) in [5.74, 6) is -0.790. The first-order valence-corrected chi connectivity index (χ1v) is 8.49. The Balaban J connectivity index is 2.18. The minimum Gasteiger partial charge on any atom is -0.309 e. The fourth-order valence-electron chi connectivity index (χ4n) is 2.05. The lowest BCUT2D eigenvalue weighted by Gasteiger charge is -2.17. The Kier molecular flexibility index (Phi) is 6.60. The summed E-state index contributed by atoms with van der Waals surface area (Å²) in [4.78, 5) is 16.6. The molecule has 1 amide bonds. The fraction of sp³-hybridized carbons (Fsp3) is 0.389. The highest BCUT2D eigenvalue weighted by atomic mass is 19.4. The van der Waals surface area contributed by atoms with Crippen LogP contribution in [0.1, 0.15) is 48.8 Å². The van der Waals surface area contributed by atoms with Gasteiger partial charge in [0.15, 0.2) is 5.82 Å². The number of benzene rings is 1. The number of aromatic amines is 1. The van der Waals surface area contributed by atoms with E-state index in [2.05, 4.69) is 25.8 Å². The molecule has 1 aromatic carbocycles. The van der Waals surface area contributed by atoms with Gasteiger partial charge in [0.05, 0.1) is 5.56 Å². The molecule has 2 aromatic rings. The molecule has 0 aliphatic heterocycles. The van der Waals surface area contributed by atoms with E-state index in [9.17, 15) is 26.7 Å². The van der Waals surface area contributed by atoms with Gasteiger partial charge in [0.2, 0.25) is 5.96 Å². The van der Waals surface area contributed by atoms with Crippen molar-refractivity contribution in [2.75, 3.05) is 11.9 Å². The second kappa shape index (κ2) is 8.58. The number of carbonyl (C=O) groups is 1. The molecule has 3 N–H and O–H groups in total. The summed E-state index contributed by atoms with van der Waals surface area (Å²) in [5.41, 5.74) is -1.58. The lowest BCUT2D eigenvalue weighted by Crippen LogP contribution is -2.37. The quantitative estimate of drug-likeness (QED) is 0.386. The normalized spacial score (nSPS) is 12.9. The van der Waals surface area contributed by atoms with Gasteiger partial charge in [-0.3, -0.25) is 20.2 Å². The number of hydrogen-bond donors (Lipinski definition) is 3. The summed E-state index contributed by atoms with van der Waals surface area (Å²) in [6.45, 7) is 5.97. The van der Waals surface area contributed by atoms with Gasteiger partial charge in [0.1, 0.15) is 5.69 Å². The molecule has 29 heavy (non-hydrogen) atoms. The van der Waals surface area contributed by atoms with Gasteiger partial charge < -0.3 is 5.32 Å². The SMILES string of the molecule is CC(C)(C)CN=C(NC(=O)c1ccc(C(F)(F)F)cc1)Nc1cc(C(F)F)[nH]n1. The lowest BCUT2D eigenvalue weighted by atomic mass is 9.97. The predicted molar refractivity (Wildman–Crippen MR) is 97.8 cm³/mol. The maximum absolute atomic E-state index is 12.7. The van der Waals surface area contributed by atoms with Crippen LogP contribution in [0, 0.1) is 5.41 Å². The summed E-state index contributed by atoms with van der Waals surface area (Å²) in [5, 5.41) is 10.9. The number of hydrogen-bond acceptors (Lipinski definition) is 3. The highest BCUT2D eigenvalue weighted by molar-refractivity contribution is 6.09. The van der Waals surface area contributed by atoms with Crippen molar-refractivity contribution in [3.8, 4) is 0 Å². The minimum absolute atomic E-state index is 0.000628. The smallest absolute Gasteiger partial charge is 0.309 e. The Morgan fingerprint density at radius 2 is 1.79 bits per heavy atom. The van der Waals surface area contributed by atoms with Crippen LogP contribution in [0.2, 0.25) is 0 Å². The van der Waals surface area contributed by atoms with Crippen LogP contribution in [0.4, 0.5) is 27.8 Å². The molecule has 0 fully saturated rings. The monoisotopic (exact) mass is 417 g/mol. The van der Waals surface area contributed by atoms with E-state index in [1.54, 1.807) is 0 Å². The van der Waals surface area contributed by atoms with Crippen molar-refractivity contribution in [1.82, 2.24) is 15.5 Å². The van der Waals surface area contributed by atoms with Crippen molar-refractivity contribution < 1.29 is 26.7 Å². The van der Waals surface area contributed by atoms with Gasteiger partial charge in [0, 0.05) is 18.2 Å². The Morgan fingerprint density at radius 1 is 1.17 bits per heavy atom. The van der Waals surface area contributed by atoms with Crippen molar-refractivity contribution in [3.05, 3.63) is 47.2 Å². The molecule has 11 heteroatoms. The summed E-state index contributed by atoms with van der Waals surface area (Å²) >= 11 is 0. The number of nitrogens with one attached hydrogen (secondary N) is 3. The molecule has 0 atom stereocenters. The third-order valence-electron chi connectivity index (χ3n) is 3.50. The molecule has 0 bridgehead atoms. The van der Waals surface area contributed by atoms with E-state index in [4.69, 9.17) is 0 Å². The number of halogens is 5. The van der Waals surface area contributed by atoms with Crippen molar-refractivity contribution in [3.63, 3.8) is 0 Å². The van der Waals surface area contributed by atoms with Crippen molar-refractivity contribution in [1.29, 1.82) is 0 Å². The number of nitrogens with zero attached hydrogens (tertiary/aromatic N) is 2. The first-order valence-electron chi connectivity index (χ1n) is 8.49. The molecule has 0 saturated carbocycles. The van der Waals surface area contributed by atoms with Crippen LogP contribution in [0.25, 0.3) is 0 Å². The first-order chi connectivity index (χ1) is 13.3. The Hall–Kier alpha value is -2.98. The van der Waals surface area contributed by atoms with Crippen LogP contribution < -0.4 is 10.6 Å². The summed E-state index contributed by atoms with van der Waals surface area (Å²) in [6, 6.07) is 4.70. The Morgan fingerprint density at radius 3 is 2.28 bits per heavy atom. The van der Waals surface area contributed by atoms with Crippen LogP contribution in [-0.2, 0) is 6.18 Å². The lowest BCUT2D eigenvalue weighted by molar-refractivity contribution is -0.137. The molecule has 6 nitrogen and oxygen atoms in total. The van der Waals surface area contributed by atoms with E-state index in [-0.39, 0.29) is 29.3 Å². The number of rotatable bonds is 4. The molecule has 0 unspecified atom stereocenters. The average molecular weight is 417 g/mol. The van der Waals surface area contributed by atoms with Crippen molar-refractivity contribution in [2.24, 2.45) is 10.4 Å². The van der Waals surface area contributed by atoms with E-state index in [1.807, 2.05) is 20.8 Å². The zero-order valence-electron chi connectivity index (χ0n) is 15.9. The maximum Gasteiger partial charge on any atom is 0.416 e. The number of guanidine groups is 1. The largest absolute Gasteiger partial charge is 0.416 e. The molecule has 0 aliphatic carbocycles. The van der Waals surface area contributed by atoms with Gasteiger partial charge in [-0.05, 0) is 29.7 Å². The van der Waals surface area contributed by atoms with E-state index < -0.39 is 29.8 Å². The van der Waals surface area contributed by atoms with Crippen LogP contribution in [0.5, 0.6) is 0 Å². The summed E-state index contributed by atoms with van der Waals surface area (Å²) in [7, 11) is 0. The van der Waals surface area contributed by atoms with Crippen molar-refractivity contribution >= 4 is 17.7 Å². The van der Waals surface area contributed by atoms with Crippen LogP contribution in [-0.4, -0.2) is 28.6 Å². The highest BCUT2D eigenvalue weighted by Crippen LogP contribution is 2.29. The van der Waals surface area contributed by atoms with Crippen LogP contribution >= 0.6 is 0 Å². The second-order valence-electron chi connectivity index (χ2n) is 7.39. The number of H-pyrrole nitrogens is 1. The van der Waals surface area contributed by atoms with E-state index >= 15 is 0 Å². The molecule has 0 aliphatic rings. The first kappa shape index (κ1) is 22.3. The highest BCUT2D eigenvalue weighted by Gasteiger charge is 2.30. The second-order valence-corrected chi connectivity index (χ2v) is 7.39. The molecular formula is C18H20F5N5O. The number of amides is 1. The van der Waals surface area contributed by atoms with E-state index in [1.165, 1.54) is 0 Å². The molecule has 1 heterocycles. The van der Waals surface area contributed by atoms with Crippen molar-refractivity contribution in [2.45, 2.75) is 33.4 Å². The zero-order valence-corrected chi connectivity index (χ0v) is 15.9. The van der Waals surface area contributed by atoms with Gasteiger partial charge in [-0.15, -0.1) is 0 Å². The van der Waals surface area contributed by atoms with Crippen LogP contribution in [0.15, 0.2) is 35.3 Å². The molecule has 1 aromatic heterocycles. The molecule has 0 radical (unpaired) electrons. The predicted octanol–water partition coefficient (Wildman–Crippen LogP) is 4.61. The topological polar surface area (TPSA) is 82.2 Å². The van der Waals surface area contributed by atoms with Gasteiger partial charge in [0.25, 0.3) is 12.3 Å². The number of alkyl halides is 5. The minimum atomic E-state index is -4.52. The summed E-state index contributed by atoms with van der Waals surface area (Å²) < 4.78 is 63.3. The number of aromatic nitrogens is 2. The molecule has 2 rings (SSSR count). The number of aliphatic imine (C=N–C) groups is 1. The third-order valence-corrected chi connectivity index (χ3v) is 3.50. The third kappa shape index (κ3) is 6.84. The summed E-state index contributed by atoms with van der Waals surface area (Å²) in [6.07, 6.45) is -7.27. The van der Waals surface area contributed by atoms with E-state index in [0.29, 0.717) is 0 Å². The number of anilines is 1. The van der Waals surface area contributed by atoms with E-state index in [0.717, 1.165) is 30.3 Å².